The molecule has 0 radical (unpaired) electrons. The van der Waals surface area contributed by atoms with Gasteiger partial charge in [0.05, 0.1) is 12.2 Å². The van der Waals surface area contributed by atoms with Crippen LogP contribution in [0.1, 0.15) is 15.9 Å². The lowest BCUT2D eigenvalue weighted by Gasteiger charge is -2.12. The first kappa shape index (κ1) is 14.5. The molecule has 2 aromatic rings. The van der Waals surface area contributed by atoms with Gasteiger partial charge in [-0.2, -0.15) is 0 Å². The molecule has 1 heterocycles. The Morgan fingerprint density at radius 1 is 1.35 bits per heavy atom. The van der Waals surface area contributed by atoms with Gasteiger partial charge < -0.3 is 15.0 Å². The van der Waals surface area contributed by atoms with Gasteiger partial charge in [-0.3, -0.25) is 9.59 Å². The summed E-state index contributed by atoms with van der Waals surface area (Å²) in [5.41, 5.74) is 1.65. The number of anilines is 1. The van der Waals surface area contributed by atoms with Crippen LogP contribution < -0.4 is 10.9 Å². The summed E-state index contributed by atoms with van der Waals surface area (Å²) in [7, 11) is 1.59. The van der Waals surface area contributed by atoms with Crippen LogP contribution in [0.5, 0.6) is 0 Å². The van der Waals surface area contributed by atoms with Crippen molar-refractivity contribution in [3.05, 3.63) is 62.5 Å². The van der Waals surface area contributed by atoms with Crippen molar-refractivity contribution in [2.45, 2.75) is 6.61 Å². The lowest BCUT2D eigenvalue weighted by atomic mass is 10.1. The minimum Gasteiger partial charge on any atom is -0.380 e. The van der Waals surface area contributed by atoms with E-state index in [1.54, 1.807) is 13.2 Å². The van der Waals surface area contributed by atoms with Gasteiger partial charge in [0.25, 0.3) is 5.91 Å². The molecule has 2 rings (SSSR count). The molecule has 0 aliphatic rings. The van der Waals surface area contributed by atoms with Crippen LogP contribution in [0.15, 0.2) is 45.8 Å². The number of methoxy groups -OCH3 is 1. The SMILES string of the molecule is COCc1c(Br)cccc1NC(=O)c1ccc(=O)[nH]c1. The number of H-pyrrole nitrogens is 1. The van der Waals surface area contributed by atoms with E-state index < -0.39 is 0 Å². The third-order valence-electron chi connectivity index (χ3n) is 2.70. The van der Waals surface area contributed by atoms with Gasteiger partial charge in [-0.15, -0.1) is 0 Å². The minimum absolute atomic E-state index is 0.246. The van der Waals surface area contributed by atoms with Crippen molar-refractivity contribution in [1.82, 2.24) is 4.98 Å². The van der Waals surface area contributed by atoms with Crippen molar-refractivity contribution >= 4 is 27.5 Å². The van der Waals surface area contributed by atoms with Crippen LogP contribution in [-0.2, 0) is 11.3 Å². The maximum Gasteiger partial charge on any atom is 0.257 e. The van der Waals surface area contributed by atoms with Crippen LogP contribution in [0.25, 0.3) is 0 Å². The molecule has 0 atom stereocenters. The molecule has 1 aromatic heterocycles. The van der Waals surface area contributed by atoms with Gasteiger partial charge >= 0.3 is 0 Å². The largest absolute Gasteiger partial charge is 0.380 e. The molecule has 0 aliphatic heterocycles. The molecular formula is C14H13BrN2O3. The Morgan fingerprint density at radius 3 is 2.80 bits per heavy atom. The van der Waals surface area contributed by atoms with Crippen molar-refractivity contribution in [2.75, 3.05) is 12.4 Å². The van der Waals surface area contributed by atoms with E-state index >= 15 is 0 Å². The predicted molar refractivity (Wildman–Crippen MR) is 79.9 cm³/mol. The molecule has 0 unspecified atom stereocenters. The van der Waals surface area contributed by atoms with E-state index in [0.29, 0.717) is 17.9 Å². The summed E-state index contributed by atoms with van der Waals surface area (Å²) in [5.74, 6) is -0.295. The second-order valence-corrected chi connectivity index (χ2v) is 4.95. The number of pyridine rings is 1. The molecule has 5 nitrogen and oxygen atoms in total. The number of aromatic amines is 1. The molecule has 6 heteroatoms. The number of aromatic nitrogens is 1. The summed E-state index contributed by atoms with van der Waals surface area (Å²) in [6, 6.07) is 8.28. The smallest absolute Gasteiger partial charge is 0.257 e. The van der Waals surface area contributed by atoms with Gasteiger partial charge in [0.1, 0.15) is 0 Å². The first-order chi connectivity index (χ1) is 9.61. The number of benzene rings is 1. The molecule has 0 aliphatic carbocycles. The fraction of sp³-hybridized carbons (Fsp3) is 0.143. The van der Waals surface area contributed by atoms with Crippen molar-refractivity contribution in [2.24, 2.45) is 0 Å². The first-order valence-electron chi connectivity index (χ1n) is 5.88. The van der Waals surface area contributed by atoms with E-state index in [9.17, 15) is 9.59 Å². The first-order valence-corrected chi connectivity index (χ1v) is 6.67. The fourth-order valence-corrected chi connectivity index (χ4v) is 2.19. The number of ether oxygens (including phenoxy) is 1. The standard InChI is InChI=1S/C14H13BrN2O3/c1-20-8-10-11(15)3-2-4-12(10)17-14(19)9-5-6-13(18)16-7-9/h2-7H,8H2,1H3,(H,16,18)(H,17,19). The summed E-state index contributed by atoms with van der Waals surface area (Å²) in [5, 5.41) is 2.80. The highest BCUT2D eigenvalue weighted by Crippen LogP contribution is 2.25. The Bertz CT molecular complexity index is 662. The van der Waals surface area contributed by atoms with Crippen molar-refractivity contribution in [3.63, 3.8) is 0 Å². The number of hydrogen-bond acceptors (Lipinski definition) is 3. The third-order valence-corrected chi connectivity index (χ3v) is 3.45. The molecule has 0 fully saturated rings. The van der Waals surface area contributed by atoms with E-state index in [0.717, 1.165) is 10.0 Å². The lowest BCUT2D eigenvalue weighted by molar-refractivity contribution is 0.102. The van der Waals surface area contributed by atoms with Gasteiger partial charge in [-0.25, -0.2) is 0 Å². The molecule has 1 amide bonds. The Balaban J connectivity index is 2.25. The zero-order chi connectivity index (χ0) is 14.5. The van der Waals surface area contributed by atoms with Crippen LogP contribution in [0, 0.1) is 0 Å². The molecule has 0 saturated carbocycles. The van der Waals surface area contributed by atoms with Crippen LogP contribution in [0.3, 0.4) is 0 Å². The number of carbonyl (C=O) groups is 1. The normalized spacial score (nSPS) is 10.3. The quantitative estimate of drug-likeness (QED) is 0.901. The van der Waals surface area contributed by atoms with Crippen LogP contribution in [-0.4, -0.2) is 18.0 Å². The molecule has 104 valence electrons. The monoisotopic (exact) mass is 336 g/mol. The van der Waals surface area contributed by atoms with Crippen molar-refractivity contribution in [3.8, 4) is 0 Å². The van der Waals surface area contributed by atoms with Crippen LogP contribution in [0.2, 0.25) is 0 Å². The van der Waals surface area contributed by atoms with Gasteiger partial charge in [-0.1, -0.05) is 22.0 Å². The zero-order valence-electron chi connectivity index (χ0n) is 10.8. The van der Waals surface area contributed by atoms with Crippen LogP contribution in [0.4, 0.5) is 5.69 Å². The highest BCUT2D eigenvalue weighted by molar-refractivity contribution is 9.10. The Kier molecular flexibility index (Phi) is 4.70. The number of hydrogen-bond donors (Lipinski definition) is 2. The number of nitrogens with one attached hydrogen (secondary N) is 2. The predicted octanol–water partition coefficient (Wildman–Crippen LogP) is 2.54. The third kappa shape index (κ3) is 3.34. The molecule has 1 aromatic carbocycles. The van der Waals surface area contributed by atoms with Crippen molar-refractivity contribution < 1.29 is 9.53 Å². The number of carbonyl (C=O) groups excluding carboxylic acids is 1. The molecule has 0 saturated heterocycles. The summed E-state index contributed by atoms with van der Waals surface area (Å²) in [6.07, 6.45) is 1.38. The lowest BCUT2D eigenvalue weighted by Crippen LogP contribution is -2.15. The number of rotatable bonds is 4. The average molecular weight is 337 g/mol. The van der Waals surface area contributed by atoms with E-state index in [4.69, 9.17) is 4.74 Å². The molecule has 2 N–H and O–H groups in total. The molecule has 0 bridgehead atoms. The average Bonchev–Trinajstić information content (AvgIpc) is 2.43. The highest BCUT2D eigenvalue weighted by atomic mass is 79.9. The highest BCUT2D eigenvalue weighted by Gasteiger charge is 2.11. The minimum atomic E-state index is -0.295. The number of amides is 1. The second-order valence-electron chi connectivity index (χ2n) is 4.09. The second kappa shape index (κ2) is 6.49. The van der Waals surface area contributed by atoms with E-state index in [1.807, 2.05) is 12.1 Å². The summed E-state index contributed by atoms with van der Waals surface area (Å²) < 4.78 is 5.98. The van der Waals surface area contributed by atoms with E-state index in [1.165, 1.54) is 18.3 Å². The summed E-state index contributed by atoms with van der Waals surface area (Å²) >= 11 is 3.43. The maximum absolute atomic E-state index is 12.1. The topological polar surface area (TPSA) is 71.2 Å². The fourth-order valence-electron chi connectivity index (χ4n) is 1.71. The van der Waals surface area contributed by atoms with E-state index in [-0.39, 0.29) is 11.5 Å². The Morgan fingerprint density at radius 2 is 2.15 bits per heavy atom. The molecular weight excluding hydrogens is 324 g/mol. The maximum atomic E-state index is 12.1. The van der Waals surface area contributed by atoms with Gasteiger partial charge in [0, 0.05) is 35.1 Å². The Labute approximate surface area is 124 Å². The van der Waals surface area contributed by atoms with Crippen molar-refractivity contribution in [1.29, 1.82) is 0 Å². The molecule has 0 spiro atoms. The summed E-state index contributed by atoms with van der Waals surface area (Å²) in [6.45, 7) is 0.378. The van der Waals surface area contributed by atoms with Crippen LogP contribution >= 0.6 is 15.9 Å². The zero-order valence-corrected chi connectivity index (χ0v) is 12.4. The van der Waals surface area contributed by atoms with Gasteiger partial charge in [0.15, 0.2) is 0 Å². The van der Waals surface area contributed by atoms with Gasteiger partial charge in [0.2, 0.25) is 5.56 Å². The Hall–Kier alpha value is -1.92. The molecule has 20 heavy (non-hydrogen) atoms. The van der Waals surface area contributed by atoms with Gasteiger partial charge in [-0.05, 0) is 18.2 Å². The number of halogens is 1. The summed E-state index contributed by atoms with van der Waals surface area (Å²) in [4.78, 5) is 25.5. The van der Waals surface area contributed by atoms with E-state index in [2.05, 4.69) is 26.2 Å².